The molecule has 6 heteroatoms. The third-order valence-corrected chi connectivity index (χ3v) is 7.19. The topological polar surface area (TPSA) is 70.6 Å². The fourth-order valence-corrected chi connectivity index (χ4v) is 5.26. The Labute approximate surface area is 209 Å². The van der Waals surface area contributed by atoms with Crippen LogP contribution in [-0.2, 0) is 10.3 Å². The van der Waals surface area contributed by atoms with Crippen molar-refractivity contribution in [3.05, 3.63) is 71.0 Å². The molecule has 1 fully saturated rings. The van der Waals surface area contributed by atoms with Crippen molar-refractivity contribution in [3.8, 4) is 0 Å². The summed E-state index contributed by atoms with van der Waals surface area (Å²) in [6, 6.07) is 13.2. The van der Waals surface area contributed by atoms with Gasteiger partial charge in [-0.1, -0.05) is 56.4 Å². The molecule has 35 heavy (non-hydrogen) atoms. The van der Waals surface area contributed by atoms with Crippen molar-refractivity contribution in [1.82, 2.24) is 10.6 Å². The molecule has 0 aliphatic heterocycles. The molecular formula is C29H41FN2O3. The van der Waals surface area contributed by atoms with Crippen LogP contribution in [-0.4, -0.2) is 44.4 Å². The van der Waals surface area contributed by atoms with E-state index in [9.17, 15) is 14.3 Å². The quantitative estimate of drug-likeness (QED) is 0.343. The molecular weight excluding hydrogens is 443 g/mol. The predicted molar refractivity (Wildman–Crippen MR) is 138 cm³/mol. The maximum absolute atomic E-state index is 13.6. The van der Waals surface area contributed by atoms with Crippen LogP contribution >= 0.6 is 0 Å². The van der Waals surface area contributed by atoms with Crippen LogP contribution in [0, 0.1) is 11.7 Å². The van der Waals surface area contributed by atoms with E-state index in [2.05, 4.69) is 10.6 Å². The van der Waals surface area contributed by atoms with Gasteiger partial charge in [-0.3, -0.25) is 4.79 Å². The average molecular weight is 485 g/mol. The van der Waals surface area contributed by atoms with Crippen molar-refractivity contribution in [2.24, 2.45) is 5.92 Å². The molecule has 1 saturated carbocycles. The molecule has 3 rings (SSSR count). The number of hydrogen-bond acceptors (Lipinski definition) is 4. The van der Waals surface area contributed by atoms with Crippen LogP contribution in [0.4, 0.5) is 4.39 Å². The summed E-state index contributed by atoms with van der Waals surface area (Å²) in [5, 5.41) is 18.3. The highest BCUT2D eigenvalue weighted by Crippen LogP contribution is 2.35. The minimum Gasteiger partial charge on any atom is -0.385 e. The van der Waals surface area contributed by atoms with E-state index in [0.717, 1.165) is 25.8 Å². The Morgan fingerprint density at radius 3 is 2.54 bits per heavy atom. The number of methoxy groups -OCH3 is 1. The van der Waals surface area contributed by atoms with Gasteiger partial charge in [0.15, 0.2) is 0 Å². The van der Waals surface area contributed by atoms with Crippen molar-refractivity contribution in [1.29, 1.82) is 0 Å². The number of unbranched alkanes of at least 4 members (excludes halogenated alkanes) is 1. The molecule has 1 amide bonds. The monoisotopic (exact) mass is 484 g/mol. The highest BCUT2D eigenvalue weighted by Gasteiger charge is 2.32. The first kappa shape index (κ1) is 27.3. The standard InChI is InChI=1S/C29H41FN2O3/c1-31-21-27(19-22-9-4-3-5-10-22)32-28(33)23-11-8-12-25(20-23)29(34,17-6-7-18-35-2)24-13-15-26(30)16-14-24/h8,11-16,20,22,27,31,34H,3-7,9-10,17-19,21H2,1-2H3,(H,32,33)/t27?,29-/m1/s1. The summed E-state index contributed by atoms with van der Waals surface area (Å²) in [6.07, 6.45) is 9.28. The van der Waals surface area contributed by atoms with Crippen LogP contribution in [0.1, 0.15) is 79.3 Å². The van der Waals surface area contributed by atoms with E-state index < -0.39 is 5.60 Å². The Morgan fingerprint density at radius 2 is 1.86 bits per heavy atom. The summed E-state index contributed by atoms with van der Waals surface area (Å²) >= 11 is 0. The molecule has 2 aromatic carbocycles. The Balaban J connectivity index is 1.79. The van der Waals surface area contributed by atoms with Gasteiger partial charge in [0.05, 0.1) is 0 Å². The second-order valence-corrected chi connectivity index (χ2v) is 9.87. The maximum atomic E-state index is 13.6. The molecule has 0 radical (unpaired) electrons. The number of amides is 1. The summed E-state index contributed by atoms with van der Waals surface area (Å²) in [5.74, 6) is 0.172. The molecule has 2 aromatic rings. The number of aliphatic hydroxyl groups is 1. The number of carbonyl (C=O) groups excluding carboxylic acids is 1. The summed E-state index contributed by atoms with van der Waals surface area (Å²) in [7, 11) is 3.57. The van der Waals surface area contributed by atoms with Crippen molar-refractivity contribution in [2.75, 3.05) is 27.3 Å². The molecule has 2 atom stereocenters. The van der Waals surface area contributed by atoms with Crippen molar-refractivity contribution in [3.63, 3.8) is 0 Å². The van der Waals surface area contributed by atoms with Gasteiger partial charge in [-0.25, -0.2) is 4.39 Å². The number of carbonyl (C=O) groups is 1. The smallest absolute Gasteiger partial charge is 0.251 e. The lowest BCUT2D eigenvalue weighted by Crippen LogP contribution is -2.42. The molecule has 3 N–H and O–H groups in total. The number of rotatable bonds is 13. The molecule has 5 nitrogen and oxygen atoms in total. The number of nitrogens with one attached hydrogen (secondary N) is 2. The lowest BCUT2D eigenvalue weighted by atomic mass is 9.81. The SMILES string of the molecule is CNCC(CC1CCCCC1)NC(=O)c1cccc([C@@](O)(CCCCOC)c2ccc(F)cc2)c1. The first-order valence-corrected chi connectivity index (χ1v) is 13.0. The van der Waals surface area contributed by atoms with Crippen LogP contribution in [0.25, 0.3) is 0 Å². The lowest BCUT2D eigenvalue weighted by molar-refractivity contribution is 0.0649. The van der Waals surface area contributed by atoms with Crippen molar-refractivity contribution >= 4 is 5.91 Å². The Bertz CT molecular complexity index is 914. The van der Waals surface area contributed by atoms with Crippen LogP contribution in [0.3, 0.4) is 0 Å². The van der Waals surface area contributed by atoms with E-state index >= 15 is 0 Å². The van der Waals surface area contributed by atoms with Gasteiger partial charge in [-0.2, -0.15) is 0 Å². The van der Waals surface area contributed by atoms with E-state index in [-0.39, 0.29) is 17.8 Å². The molecule has 0 bridgehead atoms. The fourth-order valence-electron chi connectivity index (χ4n) is 5.26. The Kier molecular flexibility index (Phi) is 10.7. The largest absolute Gasteiger partial charge is 0.385 e. The van der Waals surface area contributed by atoms with Gasteiger partial charge in [0, 0.05) is 31.9 Å². The highest BCUT2D eigenvalue weighted by molar-refractivity contribution is 5.94. The number of halogens is 1. The normalized spacial score (nSPS) is 17.0. The molecule has 0 spiro atoms. The first-order chi connectivity index (χ1) is 17.0. The zero-order valence-corrected chi connectivity index (χ0v) is 21.2. The van der Waals surface area contributed by atoms with E-state index in [1.54, 1.807) is 31.4 Å². The first-order valence-electron chi connectivity index (χ1n) is 13.0. The number of hydrogen-bond donors (Lipinski definition) is 3. The third kappa shape index (κ3) is 7.86. The van der Waals surface area contributed by atoms with Crippen LogP contribution in [0.5, 0.6) is 0 Å². The molecule has 1 aliphatic rings. The third-order valence-electron chi connectivity index (χ3n) is 7.19. The van der Waals surface area contributed by atoms with E-state index in [0.29, 0.717) is 35.6 Å². The van der Waals surface area contributed by atoms with Crippen LogP contribution < -0.4 is 10.6 Å². The van der Waals surface area contributed by atoms with Crippen LogP contribution in [0.2, 0.25) is 0 Å². The summed E-state index contributed by atoms with van der Waals surface area (Å²) in [5.41, 5.74) is 0.431. The van der Waals surface area contributed by atoms with Gasteiger partial charge in [0.2, 0.25) is 0 Å². The summed E-state index contributed by atoms with van der Waals surface area (Å²) < 4.78 is 18.8. The van der Waals surface area contributed by atoms with Gasteiger partial charge in [-0.15, -0.1) is 0 Å². The lowest BCUT2D eigenvalue weighted by Gasteiger charge is -2.30. The Morgan fingerprint density at radius 1 is 1.11 bits per heavy atom. The summed E-state index contributed by atoms with van der Waals surface area (Å²) in [6.45, 7) is 1.33. The number of ether oxygens (including phenoxy) is 1. The minimum absolute atomic E-state index is 0.0595. The highest BCUT2D eigenvalue weighted by atomic mass is 19.1. The molecule has 1 unspecified atom stereocenters. The molecule has 1 aliphatic carbocycles. The zero-order valence-electron chi connectivity index (χ0n) is 21.2. The van der Waals surface area contributed by atoms with Gasteiger partial charge in [0.1, 0.15) is 11.4 Å². The van der Waals surface area contributed by atoms with Crippen molar-refractivity contribution in [2.45, 2.75) is 69.4 Å². The van der Waals surface area contributed by atoms with E-state index in [4.69, 9.17) is 4.74 Å². The van der Waals surface area contributed by atoms with Crippen molar-refractivity contribution < 1.29 is 19.0 Å². The van der Waals surface area contributed by atoms with Gasteiger partial charge < -0.3 is 20.5 Å². The second-order valence-electron chi connectivity index (χ2n) is 9.87. The summed E-state index contributed by atoms with van der Waals surface area (Å²) in [4.78, 5) is 13.2. The molecule has 0 aromatic heterocycles. The second kappa shape index (κ2) is 13.7. The van der Waals surface area contributed by atoms with Gasteiger partial charge >= 0.3 is 0 Å². The predicted octanol–water partition coefficient (Wildman–Crippen LogP) is 5.17. The molecule has 192 valence electrons. The fraction of sp³-hybridized carbons (Fsp3) is 0.552. The Hall–Kier alpha value is -2.28. The number of benzene rings is 2. The molecule has 0 saturated heterocycles. The van der Waals surface area contributed by atoms with E-state index in [1.165, 1.54) is 44.2 Å². The maximum Gasteiger partial charge on any atom is 0.251 e. The zero-order chi connectivity index (χ0) is 25.1. The number of likely N-dealkylation sites (N-methyl/N-ethyl adjacent to an activating group) is 1. The van der Waals surface area contributed by atoms with Gasteiger partial charge in [-0.05, 0) is 74.0 Å². The average Bonchev–Trinajstić information content (AvgIpc) is 2.87. The van der Waals surface area contributed by atoms with Crippen LogP contribution in [0.15, 0.2) is 48.5 Å². The van der Waals surface area contributed by atoms with E-state index in [1.807, 2.05) is 19.2 Å². The minimum atomic E-state index is -1.33. The molecule has 0 heterocycles. The van der Waals surface area contributed by atoms with Gasteiger partial charge in [0.25, 0.3) is 5.91 Å².